The molecule has 0 bridgehead atoms. The number of hydrogen-bond acceptors (Lipinski definition) is 5. The van der Waals surface area contributed by atoms with E-state index in [1.807, 2.05) is 28.0 Å². The number of halogens is 1. The lowest BCUT2D eigenvalue weighted by Crippen LogP contribution is -2.55. The molecule has 2 amide bonds. The maximum absolute atomic E-state index is 12.7. The normalized spacial score (nSPS) is 23.7. The monoisotopic (exact) mass is 434 g/mol. The molecular formula is C22H31ClN4O3. The molecule has 7 nitrogen and oxygen atoms in total. The summed E-state index contributed by atoms with van der Waals surface area (Å²) in [6.45, 7) is 8.13. The van der Waals surface area contributed by atoms with Gasteiger partial charge in [0.15, 0.2) is 0 Å². The third-order valence-corrected chi connectivity index (χ3v) is 6.50. The quantitative estimate of drug-likeness (QED) is 0.699. The number of benzene rings is 1. The fraction of sp³-hybridized carbons (Fsp3) is 0.636. The highest BCUT2D eigenvalue weighted by Crippen LogP contribution is 2.17. The summed E-state index contributed by atoms with van der Waals surface area (Å²) in [6, 6.07) is 7.96. The van der Waals surface area contributed by atoms with E-state index in [0.29, 0.717) is 26.2 Å². The molecule has 3 saturated heterocycles. The Morgan fingerprint density at radius 2 is 1.67 bits per heavy atom. The van der Waals surface area contributed by atoms with Gasteiger partial charge in [-0.15, -0.1) is 0 Å². The molecular weight excluding hydrogens is 404 g/mol. The molecule has 0 spiro atoms. The standard InChI is InChI=1S/C22H31ClN4O3/c23-19-4-1-3-18(15-19)16-24-6-10-26(11-7-24)21(28)17-25-8-12-27(13-9-25)22(29)20-5-2-14-30-20/h1,3-4,15,20H,2,5-14,16-17H2. The number of nitrogens with zero attached hydrogens (tertiary/aromatic N) is 4. The summed E-state index contributed by atoms with van der Waals surface area (Å²) in [6.07, 6.45) is 1.55. The number of ether oxygens (including phenoxy) is 1. The third-order valence-electron chi connectivity index (χ3n) is 6.27. The van der Waals surface area contributed by atoms with E-state index < -0.39 is 0 Å². The zero-order chi connectivity index (χ0) is 20.9. The second kappa shape index (κ2) is 10.1. The minimum Gasteiger partial charge on any atom is -0.368 e. The lowest BCUT2D eigenvalue weighted by atomic mass is 10.2. The van der Waals surface area contributed by atoms with E-state index in [4.69, 9.17) is 16.3 Å². The molecule has 30 heavy (non-hydrogen) atoms. The number of amides is 2. The molecule has 3 aliphatic heterocycles. The Morgan fingerprint density at radius 1 is 0.967 bits per heavy atom. The molecule has 1 unspecified atom stereocenters. The minimum atomic E-state index is -0.249. The van der Waals surface area contributed by atoms with Crippen LogP contribution in [0.4, 0.5) is 0 Å². The van der Waals surface area contributed by atoms with E-state index >= 15 is 0 Å². The predicted molar refractivity (Wildman–Crippen MR) is 115 cm³/mol. The third kappa shape index (κ3) is 5.52. The van der Waals surface area contributed by atoms with Gasteiger partial charge in [0.1, 0.15) is 6.10 Å². The molecule has 4 rings (SSSR count). The first kappa shape index (κ1) is 21.6. The summed E-state index contributed by atoms with van der Waals surface area (Å²) < 4.78 is 5.51. The lowest BCUT2D eigenvalue weighted by Gasteiger charge is -2.38. The fourth-order valence-corrected chi connectivity index (χ4v) is 4.66. The molecule has 1 atom stereocenters. The van der Waals surface area contributed by atoms with Crippen molar-refractivity contribution in [2.75, 3.05) is 65.5 Å². The van der Waals surface area contributed by atoms with Crippen molar-refractivity contribution < 1.29 is 14.3 Å². The Labute approximate surface area is 183 Å². The van der Waals surface area contributed by atoms with Crippen LogP contribution in [0.1, 0.15) is 18.4 Å². The largest absolute Gasteiger partial charge is 0.368 e. The zero-order valence-corrected chi connectivity index (χ0v) is 18.2. The number of carbonyl (C=O) groups is 2. The Balaban J connectivity index is 1.17. The van der Waals surface area contributed by atoms with Gasteiger partial charge in [-0.1, -0.05) is 23.7 Å². The van der Waals surface area contributed by atoms with Crippen molar-refractivity contribution in [1.29, 1.82) is 0 Å². The smallest absolute Gasteiger partial charge is 0.251 e. The molecule has 0 aliphatic carbocycles. The van der Waals surface area contributed by atoms with Crippen LogP contribution in [0, 0.1) is 0 Å². The highest BCUT2D eigenvalue weighted by atomic mass is 35.5. The summed E-state index contributed by atoms with van der Waals surface area (Å²) in [4.78, 5) is 33.6. The van der Waals surface area contributed by atoms with Crippen LogP contribution in [0.5, 0.6) is 0 Å². The summed E-state index contributed by atoms with van der Waals surface area (Å²) in [7, 11) is 0. The predicted octanol–water partition coefficient (Wildman–Crippen LogP) is 1.31. The van der Waals surface area contributed by atoms with E-state index in [2.05, 4.69) is 15.9 Å². The molecule has 164 valence electrons. The molecule has 0 N–H and O–H groups in total. The van der Waals surface area contributed by atoms with Gasteiger partial charge in [-0.25, -0.2) is 0 Å². The van der Waals surface area contributed by atoms with Crippen molar-refractivity contribution in [2.45, 2.75) is 25.5 Å². The molecule has 3 heterocycles. The van der Waals surface area contributed by atoms with E-state index in [1.54, 1.807) is 0 Å². The zero-order valence-electron chi connectivity index (χ0n) is 17.5. The van der Waals surface area contributed by atoms with Crippen molar-refractivity contribution in [3.8, 4) is 0 Å². The summed E-state index contributed by atoms with van der Waals surface area (Å²) in [5.41, 5.74) is 1.21. The fourth-order valence-electron chi connectivity index (χ4n) is 4.44. The number of rotatable bonds is 5. The van der Waals surface area contributed by atoms with Crippen LogP contribution < -0.4 is 0 Å². The molecule has 0 aromatic heterocycles. The molecule has 3 fully saturated rings. The molecule has 0 radical (unpaired) electrons. The van der Waals surface area contributed by atoms with E-state index in [1.165, 1.54) is 5.56 Å². The summed E-state index contributed by atoms with van der Waals surface area (Å²) >= 11 is 6.08. The van der Waals surface area contributed by atoms with Crippen molar-refractivity contribution in [3.63, 3.8) is 0 Å². The minimum absolute atomic E-state index is 0.120. The molecule has 1 aromatic rings. The van der Waals surface area contributed by atoms with Gasteiger partial charge in [0.25, 0.3) is 5.91 Å². The molecule has 0 saturated carbocycles. The van der Waals surface area contributed by atoms with E-state index in [0.717, 1.165) is 63.7 Å². The topological polar surface area (TPSA) is 56.3 Å². The first-order valence-corrected chi connectivity index (χ1v) is 11.3. The first-order valence-electron chi connectivity index (χ1n) is 11.0. The Hall–Kier alpha value is -1.67. The van der Waals surface area contributed by atoms with Gasteiger partial charge >= 0.3 is 0 Å². The average Bonchev–Trinajstić information content (AvgIpc) is 3.29. The van der Waals surface area contributed by atoms with Crippen LogP contribution in [0.15, 0.2) is 24.3 Å². The number of piperazine rings is 2. The Kier molecular flexibility index (Phi) is 7.25. The van der Waals surface area contributed by atoms with Gasteiger partial charge in [0, 0.05) is 70.5 Å². The van der Waals surface area contributed by atoms with Crippen LogP contribution >= 0.6 is 11.6 Å². The van der Waals surface area contributed by atoms with Crippen LogP contribution in [0.25, 0.3) is 0 Å². The van der Waals surface area contributed by atoms with Crippen LogP contribution in [0.3, 0.4) is 0 Å². The summed E-state index contributed by atoms with van der Waals surface area (Å²) in [5, 5.41) is 0.763. The van der Waals surface area contributed by atoms with Crippen LogP contribution in [-0.2, 0) is 20.9 Å². The molecule has 8 heteroatoms. The van der Waals surface area contributed by atoms with Crippen molar-refractivity contribution in [2.24, 2.45) is 0 Å². The van der Waals surface area contributed by atoms with Gasteiger partial charge in [-0.3, -0.25) is 19.4 Å². The maximum Gasteiger partial charge on any atom is 0.251 e. The number of carbonyl (C=O) groups excluding carboxylic acids is 2. The average molecular weight is 435 g/mol. The van der Waals surface area contributed by atoms with Crippen LogP contribution in [0.2, 0.25) is 5.02 Å². The van der Waals surface area contributed by atoms with Gasteiger partial charge in [0.05, 0.1) is 6.54 Å². The SMILES string of the molecule is O=C(CN1CCN(C(=O)C2CCCO2)CC1)N1CCN(Cc2cccc(Cl)c2)CC1. The maximum atomic E-state index is 12.7. The highest BCUT2D eigenvalue weighted by molar-refractivity contribution is 6.30. The van der Waals surface area contributed by atoms with Crippen molar-refractivity contribution >= 4 is 23.4 Å². The highest BCUT2D eigenvalue weighted by Gasteiger charge is 2.31. The van der Waals surface area contributed by atoms with E-state index in [9.17, 15) is 9.59 Å². The number of hydrogen-bond donors (Lipinski definition) is 0. The molecule has 1 aromatic carbocycles. The van der Waals surface area contributed by atoms with Gasteiger partial charge in [0.2, 0.25) is 5.91 Å². The van der Waals surface area contributed by atoms with Crippen LogP contribution in [-0.4, -0.2) is 103 Å². The Bertz CT molecular complexity index is 740. The first-order chi connectivity index (χ1) is 14.6. The van der Waals surface area contributed by atoms with Gasteiger partial charge in [-0.05, 0) is 30.5 Å². The van der Waals surface area contributed by atoms with Gasteiger partial charge < -0.3 is 14.5 Å². The Morgan fingerprint density at radius 3 is 2.33 bits per heavy atom. The second-order valence-corrected chi connectivity index (χ2v) is 8.83. The molecule has 3 aliphatic rings. The van der Waals surface area contributed by atoms with E-state index in [-0.39, 0.29) is 17.9 Å². The summed E-state index contributed by atoms with van der Waals surface area (Å²) in [5.74, 6) is 0.311. The lowest BCUT2D eigenvalue weighted by molar-refractivity contribution is -0.143. The second-order valence-electron chi connectivity index (χ2n) is 8.39. The van der Waals surface area contributed by atoms with Crippen molar-refractivity contribution in [3.05, 3.63) is 34.9 Å². The van der Waals surface area contributed by atoms with Crippen molar-refractivity contribution in [1.82, 2.24) is 19.6 Å². The van der Waals surface area contributed by atoms with Gasteiger partial charge in [-0.2, -0.15) is 0 Å².